The van der Waals surface area contributed by atoms with Crippen LogP contribution >= 0.6 is 0 Å². The van der Waals surface area contributed by atoms with Crippen molar-refractivity contribution in [1.82, 2.24) is 9.55 Å². The zero-order valence-electron chi connectivity index (χ0n) is 13.1. The lowest BCUT2D eigenvalue weighted by Gasteiger charge is -2.20. The van der Waals surface area contributed by atoms with Crippen LogP contribution in [-0.4, -0.2) is 22.8 Å². The number of unbranched alkanes of at least 4 members (excludes halogenated alkanes) is 1. The fourth-order valence-corrected chi connectivity index (χ4v) is 2.33. The normalized spacial score (nSPS) is 13.7. The van der Waals surface area contributed by atoms with Crippen molar-refractivity contribution in [3.8, 4) is 0 Å². The van der Waals surface area contributed by atoms with E-state index in [0.29, 0.717) is 11.5 Å². The van der Waals surface area contributed by atoms with Gasteiger partial charge in [0.25, 0.3) is 0 Å². The van der Waals surface area contributed by atoms with Gasteiger partial charge in [0.2, 0.25) is 0 Å². The molecule has 110 valence electrons. The van der Waals surface area contributed by atoms with Gasteiger partial charge in [-0.2, -0.15) is 0 Å². The van der Waals surface area contributed by atoms with Gasteiger partial charge in [-0.1, -0.05) is 27.2 Å². The van der Waals surface area contributed by atoms with Crippen molar-refractivity contribution in [3.05, 3.63) is 18.7 Å². The maximum Gasteiger partial charge on any atom is 0.0945 e. The molecular weight excluding hydrogens is 236 g/mol. The number of imidazole rings is 1. The molecule has 0 unspecified atom stereocenters. The molecule has 0 saturated heterocycles. The summed E-state index contributed by atoms with van der Waals surface area (Å²) in [7, 11) is 1.84. The van der Waals surface area contributed by atoms with E-state index in [1.165, 1.54) is 38.5 Å². The van der Waals surface area contributed by atoms with Gasteiger partial charge < -0.3 is 9.30 Å². The fourth-order valence-electron chi connectivity index (χ4n) is 2.33. The van der Waals surface area contributed by atoms with Crippen LogP contribution in [0.1, 0.15) is 59.3 Å². The van der Waals surface area contributed by atoms with E-state index in [4.69, 9.17) is 4.74 Å². The summed E-state index contributed by atoms with van der Waals surface area (Å²) >= 11 is 0. The molecule has 1 rings (SSSR count). The molecule has 19 heavy (non-hydrogen) atoms. The van der Waals surface area contributed by atoms with E-state index < -0.39 is 0 Å². The van der Waals surface area contributed by atoms with Crippen LogP contribution in [0.5, 0.6) is 0 Å². The number of hydrogen-bond donors (Lipinski definition) is 0. The van der Waals surface area contributed by atoms with Crippen molar-refractivity contribution < 1.29 is 4.74 Å². The van der Waals surface area contributed by atoms with E-state index in [9.17, 15) is 0 Å². The Balaban J connectivity index is 2.08. The highest BCUT2D eigenvalue weighted by molar-refractivity contribution is 4.73. The van der Waals surface area contributed by atoms with Gasteiger partial charge in [-0.05, 0) is 37.5 Å². The molecular formula is C16H30N2O. The van der Waals surface area contributed by atoms with Crippen molar-refractivity contribution in [2.75, 3.05) is 7.11 Å². The average molecular weight is 266 g/mol. The average Bonchev–Trinajstić information content (AvgIpc) is 2.83. The monoisotopic (exact) mass is 266 g/mol. The molecule has 0 fully saturated rings. The van der Waals surface area contributed by atoms with E-state index in [0.717, 1.165) is 6.54 Å². The Morgan fingerprint density at radius 3 is 2.47 bits per heavy atom. The quantitative estimate of drug-likeness (QED) is 0.624. The minimum Gasteiger partial charge on any atom is -0.381 e. The predicted molar refractivity (Wildman–Crippen MR) is 80.2 cm³/mol. The molecule has 0 amide bonds. The third-order valence-electron chi connectivity index (χ3n) is 3.54. The third kappa shape index (κ3) is 8.04. The lowest BCUT2D eigenvalue weighted by Crippen LogP contribution is -2.13. The number of aromatic nitrogens is 2. The standard InChI is InChI=1S/C16H30N2O/c1-16(2,3)10-7-9-15(19-4)8-5-6-12-18-13-11-17-14-18/h11,13-15H,5-10,12H2,1-4H3/t15-/m0/s1. The topological polar surface area (TPSA) is 27.1 Å². The van der Waals surface area contributed by atoms with Gasteiger partial charge in [-0.15, -0.1) is 0 Å². The Morgan fingerprint density at radius 2 is 1.89 bits per heavy atom. The molecule has 0 bridgehead atoms. The van der Waals surface area contributed by atoms with Crippen molar-refractivity contribution >= 4 is 0 Å². The first-order valence-electron chi connectivity index (χ1n) is 7.50. The highest BCUT2D eigenvalue weighted by Gasteiger charge is 2.12. The van der Waals surface area contributed by atoms with Crippen molar-refractivity contribution in [2.45, 2.75) is 71.9 Å². The van der Waals surface area contributed by atoms with E-state index >= 15 is 0 Å². The maximum absolute atomic E-state index is 5.58. The number of hydrogen-bond acceptors (Lipinski definition) is 2. The summed E-state index contributed by atoms with van der Waals surface area (Å²) in [5.74, 6) is 0. The van der Waals surface area contributed by atoms with Crippen LogP contribution in [0.4, 0.5) is 0 Å². The molecule has 1 aromatic rings. The first kappa shape index (κ1) is 16.2. The number of rotatable bonds is 9. The van der Waals surface area contributed by atoms with Gasteiger partial charge >= 0.3 is 0 Å². The second-order valence-corrected chi connectivity index (χ2v) is 6.61. The van der Waals surface area contributed by atoms with Crippen LogP contribution in [0.2, 0.25) is 0 Å². The summed E-state index contributed by atoms with van der Waals surface area (Å²) in [6.45, 7) is 7.98. The van der Waals surface area contributed by atoms with E-state index in [-0.39, 0.29) is 0 Å². The summed E-state index contributed by atoms with van der Waals surface area (Å²) < 4.78 is 7.72. The predicted octanol–water partition coefficient (Wildman–Crippen LogP) is 4.28. The summed E-state index contributed by atoms with van der Waals surface area (Å²) in [4.78, 5) is 4.05. The molecule has 0 N–H and O–H groups in total. The zero-order chi connectivity index (χ0) is 14.1. The molecule has 1 heterocycles. The molecule has 0 aromatic carbocycles. The van der Waals surface area contributed by atoms with E-state index in [2.05, 4.69) is 30.3 Å². The Hall–Kier alpha value is -0.830. The number of ether oxygens (including phenoxy) is 1. The van der Waals surface area contributed by atoms with Gasteiger partial charge in [-0.25, -0.2) is 4.98 Å². The van der Waals surface area contributed by atoms with Gasteiger partial charge in [-0.3, -0.25) is 0 Å². The van der Waals surface area contributed by atoms with E-state index in [1.807, 2.05) is 25.8 Å². The molecule has 0 aliphatic carbocycles. The number of nitrogens with zero attached hydrogens (tertiary/aromatic N) is 2. The highest BCUT2D eigenvalue weighted by Crippen LogP contribution is 2.23. The Bertz CT molecular complexity index is 314. The minimum atomic E-state index is 0.435. The molecule has 3 nitrogen and oxygen atoms in total. The van der Waals surface area contributed by atoms with Gasteiger partial charge in [0, 0.05) is 26.0 Å². The highest BCUT2D eigenvalue weighted by atomic mass is 16.5. The smallest absolute Gasteiger partial charge is 0.0945 e. The molecule has 3 heteroatoms. The summed E-state index contributed by atoms with van der Waals surface area (Å²) in [6, 6.07) is 0. The third-order valence-corrected chi connectivity index (χ3v) is 3.54. The molecule has 1 aromatic heterocycles. The number of methoxy groups -OCH3 is 1. The van der Waals surface area contributed by atoms with E-state index in [1.54, 1.807) is 0 Å². The fraction of sp³-hybridized carbons (Fsp3) is 0.812. The SMILES string of the molecule is CO[C@@H](CCCCn1ccnc1)CCCC(C)(C)C. The Labute approximate surface area is 118 Å². The first-order valence-corrected chi connectivity index (χ1v) is 7.50. The van der Waals surface area contributed by atoms with Crippen LogP contribution in [0.25, 0.3) is 0 Å². The largest absolute Gasteiger partial charge is 0.381 e. The van der Waals surface area contributed by atoms with Gasteiger partial charge in [0.1, 0.15) is 0 Å². The van der Waals surface area contributed by atoms with Crippen molar-refractivity contribution in [2.24, 2.45) is 5.41 Å². The summed E-state index contributed by atoms with van der Waals surface area (Å²) in [5, 5.41) is 0. The first-order chi connectivity index (χ1) is 9.01. The van der Waals surface area contributed by atoms with Crippen LogP contribution < -0.4 is 0 Å². The Kier molecular flexibility index (Phi) is 7.14. The van der Waals surface area contributed by atoms with Crippen molar-refractivity contribution in [3.63, 3.8) is 0 Å². The molecule has 0 radical (unpaired) electrons. The summed E-state index contributed by atoms with van der Waals surface area (Å²) in [6.07, 6.45) is 13.5. The van der Waals surface area contributed by atoms with Crippen molar-refractivity contribution in [1.29, 1.82) is 0 Å². The number of aryl methyl sites for hydroxylation is 1. The molecule has 0 aliphatic rings. The lowest BCUT2D eigenvalue weighted by atomic mass is 9.89. The second-order valence-electron chi connectivity index (χ2n) is 6.61. The molecule has 0 spiro atoms. The van der Waals surface area contributed by atoms with Crippen LogP contribution in [0.3, 0.4) is 0 Å². The molecule has 0 saturated carbocycles. The van der Waals surface area contributed by atoms with Gasteiger partial charge in [0.05, 0.1) is 12.4 Å². The Morgan fingerprint density at radius 1 is 1.16 bits per heavy atom. The second kappa shape index (κ2) is 8.36. The zero-order valence-corrected chi connectivity index (χ0v) is 13.1. The van der Waals surface area contributed by atoms with Crippen LogP contribution in [0, 0.1) is 5.41 Å². The maximum atomic E-state index is 5.58. The summed E-state index contributed by atoms with van der Waals surface area (Å²) in [5.41, 5.74) is 0.444. The van der Waals surface area contributed by atoms with Gasteiger partial charge in [0.15, 0.2) is 0 Å². The molecule has 0 aliphatic heterocycles. The van der Waals surface area contributed by atoms with Crippen LogP contribution in [0.15, 0.2) is 18.7 Å². The lowest BCUT2D eigenvalue weighted by molar-refractivity contribution is 0.0808. The molecule has 1 atom stereocenters. The minimum absolute atomic E-state index is 0.435. The van der Waals surface area contributed by atoms with Crippen LogP contribution in [-0.2, 0) is 11.3 Å².